The van der Waals surface area contributed by atoms with Gasteiger partial charge in [-0.1, -0.05) is 17.7 Å². The molecule has 0 saturated carbocycles. The predicted octanol–water partition coefficient (Wildman–Crippen LogP) is 5.44. The van der Waals surface area contributed by atoms with Gasteiger partial charge < -0.3 is 9.80 Å². The van der Waals surface area contributed by atoms with Gasteiger partial charge in [0.05, 0.1) is 22.7 Å². The molecule has 2 rings (SSSR count). The first-order chi connectivity index (χ1) is 12.1. The van der Waals surface area contributed by atoms with Crippen molar-refractivity contribution in [2.24, 2.45) is 4.99 Å². The van der Waals surface area contributed by atoms with Crippen molar-refractivity contribution in [2.45, 2.75) is 20.0 Å². The molecular weight excluding hydrogens is 365 g/mol. The molecule has 0 amide bonds. The number of nitrogens with zero attached hydrogens (tertiary/aromatic N) is 4. The zero-order valence-corrected chi connectivity index (χ0v) is 15.7. The number of pyridine rings is 1. The van der Waals surface area contributed by atoms with Crippen LogP contribution in [0.15, 0.2) is 35.3 Å². The summed E-state index contributed by atoms with van der Waals surface area (Å²) >= 11 is 6.46. The van der Waals surface area contributed by atoms with Crippen LogP contribution in [0.5, 0.6) is 0 Å². The third-order valence-corrected chi connectivity index (χ3v) is 4.19. The summed E-state index contributed by atoms with van der Waals surface area (Å²) in [5, 5.41) is 0.345. The summed E-state index contributed by atoms with van der Waals surface area (Å²) in [5.41, 5.74) is 1.01. The molecule has 0 bridgehead atoms. The van der Waals surface area contributed by atoms with Crippen LogP contribution in [0.2, 0.25) is 5.02 Å². The number of rotatable bonds is 5. The fourth-order valence-electron chi connectivity index (χ4n) is 2.20. The minimum Gasteiger partial charge on any atom is -0.366 e. The van der Waals surface area contributed by atoms with E-state index < -0.39 is 11.9 Å². The van der Waals surface area contributed by atoms with Crippen molar-refractivity contribution in [3.05, 3.63) is 46.6 Å². The average molecular weight is 385 g/mol. The molecule has 1 heterocycles. The van der Waals surface area contributed by atoms with E-state index in [0.29, 0.717) is 16.4 Å². The highest BCUT2D eigenvalue weighted by atomic mass is 35.5. The van der Waals surface area contributed by atoms with Gasteiger partial charge in [0.2, 0.25) is 0 Å². The zero-order valence-electron chi connectivity index (χ0n) is 15.0. The average Bonchev–Trinajstić information content (AvgIpc) is 2.60. The summed E-state index contributed by atoms with van der Waals surface area (Å²) in [4.78, 5) is 11.5. The van der Waals surface area contributed by atoms with Gasteiger partial charge in [0.15, 0.2) is 0 Å². The smallest absolute Gasteiger partial charge is 0.366 e. The molecule has 0 unspecified atom stereocenters. The highest BCUT2D eigenvalue weighted by molar-refractivity contribution is 6.36. The molecular formula is C18H20ClF3N4. The molecule has 4 nitrogen and oxygen atoms in total. The lowest BCUT2D eigenvalue weighted by Gasteiger charge is -2.22. The number of hydrogen-bond acceptors (Lipinski definition) is 3. The lowest BCUT2D eigenvalue weighted by molar-refractivity contribution is -0.141. The SMILES string of the molecule is CCN(C)/C=N\c1cc(C)cc(N(C)c2cccc(C(F)(F)F)n2)c1Cl. The second-order valence-corrected chi connectivity index (χ2v) is 6.25. The number of hydrogen-bond donors (Lipinski definition) is 0. The predicted molar refractivity (Wildman–Crippen MR) is 99.9 cm³/mol. The largest absolute Gasteiger partial charge is 0.433 e. The summed E-state index contributed by atoms with van der Waals surface area (Å²) in [6.07, 6.45) is -2.85. The van der Waals surface area contributed by atoms with E-state index in [4.69, 9.17) is 11.6 Å². The lowest BCUT2D eigenvalue weighted by atomic mass is 10.1. The van der Waals surface area contributed by atoms with Crippen LogP contribution in [-0.4, -0.2) is 36.9 Å². The summed E-state index contributed by atoms with van der Waals surface area (Å²) < 4.78 is 38.8. The second kappa shape index (κ2) is 7.95. The van der Waals surface area contributed by atoms with Crippen LogP contribution in [-0.2, 0) is 6.18 Å². The van der Waals surface area contributed by atoms with Gasteiger partial charge in [0.25, 0.3) is 0 Å². The first kappa shape index (κ1) is 20.0. The van der Waals surface area contributed by atoms with E-state index in [0.717, 1.165) is 18.2 Å². The Morgan fingerprint density at radius 1 is 1.23 bits per heavy atom. The van der Waals surface area contributed by atoms with Gasteiger partial charge in [-0.05, 0) is 43.7 Å². The fraction of sp³-hybridized carbons (Fsp3) is 0.333. The van der Waals surface area contributed by atoms with Crippen LogP contribution >= 0.6 is 11.6 Å². The van der Waals surface area contributed by atoms with E-state index in [1.165, 1.54) is 17.0 Å². The number of alkyl halides is 3. The molecule has 2 aromatic rings. The molecule has 0 saturated heterocycles. The monoisotopic (exact) mass is 384 g/mol. The number of aromatic nitrogens is 1. The highest BCUT2D eigenvalue weighted by Gasteiger charge is 2.32. The van der Waals surface area contributed by atoms with Gasteiger partial charge in [-0.15, -0.1) is 0 Å². The minimum atomic E-state index is -4.51. The number of benzene rings is 1. The van der Waals surface area contributed by atoms with Crippen LogP contribution in [0, 0.1) is 6.92 Å². The Morgan fingerprint density at radius 2 is 1.92 bits per heavy atom. The molecule has 0 aliphatic rings. The molecule has 0 radical (unpaired) electrons. The molecule has 8 heteroatoms. The first-order valence-electron chi connectivity index (χ1n) is 7.96. The van der Waals surface area contributed by atoms with Crippen molar-refractivity contribution in [2.75, 3.05) is 25.5 Å². The summed E-state index contributed by atoms with van der Waals surface area (Å²) in [5.74, 6) is 0.146. The normalized spacial score (nSPS) is 11.8. The van der Waals surface area contributed by atoms with Gasteiger partial charge in [0, 0.05) is 20.6 Å². The van der Waals surface area contributed by atoms with Gasteiger partial charge >= 0.3 is 6.18 Å². The molecule has 0 N–H and O–H groups in total. The number of aliphatic imine (C=N–C) groups is 1. The topological polar surface area (TPSA) is 31.7 Å². The van der Waals surface area contributed by atoms with E-state index in [-0.39, 0.29) is 5.82 Å². The number of anilines is 2. The van der Waals surface area contributed by atoms with Crippen LogP contribution in [0.3, 0.4) is 0 Å². The van der Waals surface area contributed by atoms with Gasteiger partial charge in [-0.25, -0.2) is 9.98 Å². The third-order valence-electron chi connectivity index (χ3n) is 3.80. The minimum absolute atomic E-state index is 0.146. The Balaban J connectivity index is 2.45. The van der Waals surface area contributed by atoms with Gasteiger partial charge in [-0.3, -0.25) is 0 Å². The Bertz CT molecular complexity index is 806. The van der Waals surface area contributed by atoms with E-state index in [1.807, 2.05) is 31.9 Å². The van der Waals surface area contributed by atoms with Crippen molar-refractivity contribution >= 4 is 35.1 Å². The highest BCUT2D eigenvalue weighted by Crippen LogP contribution is 2.38. The Hall–Kier alpha value is -2.28. The molecule has 26 heavy (non-hydrogen) atoms. The Labute approximate surface area is 155 Å². The van der Waals surface area contributed by atoms with Crippen LogP contribution < -0.4 is 4.90 Å². The molecule has 0 aliphatic carbocycles. The standard InChI is InChI=1S/C18H20ClF3N4/c1-5-25(3)11-23-13-9-12(2)10-14(17(13)19)26(4)16-8-6-7-15(24-16)18(20,21)22/h6-11H,5H2,1-4H3/b23-11-. The fourth-order valence-corrected chi connectivity index (χ4v) is 2.49. The van der Waals surface area contributed by atoms with Crippen molar-refractivity contribution in [3.8, 4) is 0 Å². The summed E-state index contributed by atoms with van der Waals surface area (Å²) in [7, 11) is 3.50. The lowest BCUT2D eigenvalue weighted by Crippen LogP contribution is -2.16. The van der Waals surface area contributed by atoms with E-state index in [9.17, 15) is 13.2 Å². The molecule has 0 fully saturated rings. The van der Waals surface area contributed by atoms with Gasteiger partial charge in [-0.2, -0.15) is 13.2 Å². The molecule has 0 spiro atoms. The number of aryl methyl sites for hydroxylation is 1. The zero-order chi connectivity index (χ0) is 19.5. The van der Waals surface area contributed by atoms with Crippen LogP contribution in [0.1, 0.15) is 18.2 Å². The van der Waals surface area contributed by atoms with E-state index in [2.05, 4.69) is 9.98 Å². The molecule has 1 aromatic carbocycles. The van der Waals surface area contributed by atoms with Crippen molar-refractivity contribution in [3.63, 3.8) is 0 Å². The maximum Gasteiger partial charge on any atom is 0.433 e. The third kappa shape index (κ3) is 4.66. The maximum absolute atomic E-state index is 12.9. The number of halogens is 4. The maximum atomic E-state index is 12.9. The van der Waals surface area contributed by atoms with Crippen LogP contribution in [0.4, 0.5) is 30.4 Å². The molecule has 1 aromatic heterocycles. The second-order valence-electron chi connectivity index (χ2n) is 5.87. The van der Waals surface area contributed by atoms with E-state index in [1.54, 1.807) is 19.5 Å². The van der Waals surface area contributed by atoms with Gasteiger partial charge in [0.1, 0.15) is 11.5 Å². The summed E-state index contributed by atoms with van der Waals surface area (Å²) in [6.45, 7) is 4.64. The van der Waals surface area contributed by atoms with Crippen molar-refractivity contribution in [1.82, 2.24) is 9.88 Å². The first-order valence-corrected chi connectivity index (χ1v) is 8.33. The molecule has 140 valence electrons. The van der Waals surface area contributed by atoms with Crippen LogP contribution in [0.25, 0.3) is 0 Å². The quantitative estimate of drug-likeness (QED) is 0.508. The summed E-state index contributed by atoms with van der Waals surface area (Å²) in [6, 6.07) is 7.36. The molecule has 0 aliphatic heterocycles. The van der Waals surface area contributed by atoms with E-state index >= 15 is 0 Å². The Morgan fingerprint density at radius 3 is 2.54 bits per heavy atom. The molecule has 0 atom stereocenters. The Kier molecular flexibility index (Phi) is 6.13. The van der Waals surface area contributed by atoms with Crippen molar-refractivity contribution in [1.29, 1.82) is 0 Å². The van der Waals surface area contributed by atoms with Crippen molar-refractivity contribution < 1.29 is 13.2 Å².